The van der Waals surface area contributed by atoms with Gasteiger partial charge in [0.2, 0.25) is 0 Å². The molecule has 0 spiro atoms. The molecule has 0 radical (unpaired) electrons. The van der Waals surface area contributed by atoms with Gasteiger partial charge >= 0.3 is 0 Å². The SMILES string of the molecule is COC(c1ccccc1)c1nc(N)c(Br)c(C(C)(C)C)n1. The smallest absolute Gasteiger partial charge is 0.164 e. The Bertz CT molecular complexity index is 623. The van der Waals surface area contributed by atoms with E-state index in [1.165, 1.54) is 0 Å². The summed E-state index contributed by atoms with van der Waals surface area (Å²) in [4.78, 5) is 9.08. The van der Waals surface area contributed by atoms with Crippen LogP contribution in [-0.2, 0) is 10.2 Å². The molecule has 1 heterocycles. The molecule has 0 aliphatic carbocycles. The van der Waals surface area contributed by atoms with Gasteiger partial charge in [-0.15, -0.1) is 0 Å². The standard InChI is InChI=1S/C16H20BrN3O/c1-16(2,3)13-11(17)14(18)20-15(19-13)12(21-4)10-8-6-5-7-9-10/h5-9,12H,1-4H3,(H2,18,19,20). The molecule has 5 heteroatoms. The number of halogens is 1. The zero-order chi connectivity index (χ0) is 15.6. The fourth-order valence-electron chi connectivity index (χ4n) is 2.12. The number of nitrogens with two attached hydrogens (primary N) is 1. The van der Waals surface area contributed by atoms with Gasteiger partial charge in [-0.25, -0.2) is 9.97 Å². The Morgan fingerprint density at radius 1 is 1.14 bits per heavy atom. The van der Waals surface area contributed by atoms with Gasteiger partial charge in [-0.3, -0.25) is 0 Å². The normalized spacial score (nSPS) is 13.2. The van der Waals surface area contributed by atoms with Gasteiger partial charge in [-0.1, -0.05) is 51.1 Å². The van der Waals surface area contributed by atoms with Crippen molar-refractivity contribution in [2.24, 2.45) is 0 Å². The summed E-state index contributed by atoms with van der Waals surface area (Å²) in [5.41, 5.74) is 7.78. The second kappa shape index (κ2) is 6.12. The van der Waals surface area contributed by atoms with Crippen LogP contribution < -0.4 is 5.73 Å². The lowest BCUT2D eigenvalue weighted by molar-refractivity contribution is 0.128. The molecule has 0 saturated heterocycles. The van der Waals surface area contributed by atoms with Gasteiger partial charge in [0.25, 0.3) is 0 Å². The largest absolute Gasteiger partial charge is 0.383 e. The van der Waals surface area contributed by atoms with Crippen LogP contribution in [0.4, 0.5) is 5.82 Å². The zero-order valence-corrected chi connectivity index (χ0v) is 14.3. The molecule has 0 bridgehead atoms. The molecule has 112 valence electrons. The second-order valence-corrected chi connectivity index (χ2v) is 6.70. The van der Waals surface area contributed by atoms with Crippen LogP contribution in [0.1, 0.15) is 44.0 Å². The molecule has 0 aliphatic heterocycles. The minimum absolute atomic E-state index is 0.139. The molecule has 4 nitrogen and oxygen atoms in total. The molecule has 2 N–H and O–H groups in total. The maximum atomic E-state index is 6.04. The van der Waals surface area contributed by atoms with Gasteiger partial charge in [-0.05, 0) is 21.5 Å². The van der Waals surface area contributed by atoms with Crippen molar-refractivity contribution in [2.45, 2.75) is 32.3 Å². The topological polar surface area (TPSA) is 61.0 Å². The fourth-order valence-corrected chi connectivity index (χ4v) is 2.89. The second-order valence-electron chi connectivity index (χ2n) is 5.91. The molecule has 1 atom stereocenters. The quantitative estimate of drug-likeness (QED) is 0.913. The van der Waals surface area contributed by atoms with Gasteiger partial charge in [0, 0.05) is 12.5 Å². The highest BCUT2D eigenvalue weighted by Gasteiger charge is 2.25. The van der Waals surface area contributed by atoms with Crippen LogP contribution in [-0.4, -0.2) is 17.1 Å². The number of hydrogen-bond acceptors (Lipinski definition) is 4. The van der Waals surface area contributed by atoms with E-state index in [2.05, 4.69) is 46.7 Å². The Balaban J connectivity index is 2.56. The predicted octanol–water partition coefficient (Wildman–Crippen LogP) is 3.85. The average molecular weight is 350 g/mol. The summed E-state index contributed by atoms with van der Waals surface area (Å²) in [7, 11) is 1.65. The van der Waals surface area contributed by atoms with E-state index >= 15 is 0 Å². The Morgan fingerprint density at radius 3 is 2.29 bits per heavy atom. The lowest BCUT2D eigenvalue weighted by Crippen LogP contribution is -2.20. The van der Waals surface area contributed by atoms with E-state index in [1.807, 2.05) is 30.3 Å². The van der Waals surface area contributed by atoms with Gasteiger partial charge in [0.15, 0.2) is 5.82 Å². The highest BCUT2D eigenvalue weighted by molar-refractivity contribution is 9.10. The van der Waals surface area contributed by atoms with E-state index in [1.54, 1.807) is 7.11 Å². The number of ether oxygens (including phenoxy) is 1. The Morgan fingerprint density at radius 2 is 1.76 bits per heavy atom. The molecule has 2 rings (SSSR count). The first-order valence-electron chi connectivity index (χ1n) is 6.75. The number of aromatic nitrogens is 2. The molecule has 0 fully saturated rings. The molecule has 2 aromatic rings. The summed E-state index contributed by atoms with van der Waals surface area (Å²) in [6.45, 7) is 6.27. The summed E-state index contributed by atoms with van der Waals surface area (Å²) in [6.07, 6.45) is -0.331. The summed E-state index contributed by atoms with van der Waals surface area (Å²) in [5.74, 6) is 1.01. The summed E-state index contributed by atoms with van der Waals surface area (Å²) in [6, 6.07) is 9.88. The highest BCUT2D eigenvalue weighted by Crippen LogP contribution is 2.33. The van der Waals surface area contributed by atoms with Crippen molar-refractivity contribution in [3.8, 4) is 0 Å². The van der Waals surface area contributed by atoms with Crippen LogP contribution in [0.15, 0.2) is 34.8 Å². The first-order chi connectivity index (χ1) is 9.84. The van der Waals surface area contributed by atoms with Gasteiger partial charge in [0.1, 0.15) is 11.9 Å². The number of anilines is 1. The van der Waals surface area contributed by atoms with Crippen molar-refractivity contribution >= 4 is 21.7 Å². The maximum absolute atomic E-state index is 6.04. The monoisotopic (exact) mass is 349 g/mol. The molecule has 1 unspecified atom stereocenters. The molecule has 21 heavy (non-hydrogen) atoms. The van der Waals surface area contributed by atoms with Crippen LogP contribution in [0, 0.1) is 0 Å². The third-order valence-electron chi connectivity index (χ3n) is 3.18. The van der Waals surface area contributed by atoms with E-state index in [-0.39, 0.29) is 11.5 Å². The minimum Gasteiger partial charge on any atom is -0.383 e. The Hall–Kier alpha value is -1.46. The Kier molecular flexibility index (Phi) is 4.64. The number of nitrogen functional groups attached to an aromatic ring is 1. The molecule has 0 aliphatic rings. The van der Waals surface area contributed by atoms with Crippen LogP contribution >= 0.6 is 15.9 Å². The summed E-state index contributed by atoms with van der Waals surface area (Å²) < 4.78 is 6.34. The van der Waals surface area contributed by atoms with E-state index in [4.69, 9.17) is 10.5 Å². The fraction of sp³-hybridized carbons (Fsp3) is 0.375. The van der Waals surface area contributed by atoms with Crippen LogP contribution in [0.3, 0.4) is 0 Å². The molecular formula is C16H20BrN3O. The van der Waals surface area contributed by atoms with E-state index in [0.29, 0.717) is 11.6 Å². The van der Waals surface area contributed by atoms with Crippen molar-refractivity contribution in [1.29, 1.82) is 0 Å². The number of methoxy groups -OCH3 is 1. The van der Waals surface area contributed by atoms with Gasteiger partial charge < -0.3 is 10.5 Å². The lowest BCUT2D eigenvalue weighted by Gasteiger charge is -2.23. The number of nitrogens with zero attached hydrogens (tertiary/aromatic N) is 2. The molecule has 1 aromatic carbocycles. The van der Waals surface area contributed by atoms with E-state index < -0.39 is 0 Å². The number of hydrogen-bond donors (Lipinski definition) is 1. The van der Waals surface area contributed by atoms with E-state index in [9.17, 15) is 0 Å². The van der Waals surface area contributed by atoms with Gasteiger partial charge in [-0.2, -0.15) is 0 Å². The number of rotatable bonds is 3. The van der Waals surface area contributed by atoms with Crippen LogP contribution in [0.2, 0.25) is 0 Å². The Labute approximate surface area is 133 Å². The third kappa shape index (κ3) is 3.41. The maximum Gasteiger partial charge on any atom is 0.164 e. The summed E-state index contributed by atoms with van der Waals surface area (Å²) >= 11 is 3.49. The van der Waals surface area contributed by atoms with Crippen LogP contribution in [0.25, 0.3) is 0 Å². The third-order valence-corrected chi connectivity index (χ3v) is 3.96. The predicted molar refractivity (Wildman–Crippen MR) is 88.1 cm³/mol. The van der Waals surface area contributed by atoms with Crippen molar-refractivity contribution in [1.82, 2.24) is 9.97 Å². The van der Waals surface area contributed by atoms with Crippen LogP contribution in [0.5, 0.6) is 0 Å². The van der Waals surface area contributed by atoms with Crippen molar-refractivity contribution < 1.29 is 4.74 Å². The first kappa shape index (κ1) is 15.9. The summed E-state index contributed by atoms with van der Waals surface area (Å²) in [5, 5.41) is 0. The number of benzene rings is 1. The van der Waals surface area contributed by atoms with Crippen molar-refractivity contribution in [2.75, 3.05) is 12.8 Å². The highest BCUT2D eigenvalue weighted by atomic mass is 79.9. The first-order valence-corrected chi connectivity index (χ1v) is 7.55. The molecule has 1 aromatic heterocycles. The molecular weight excluding hydrogens is 330 g/mol. The van der Waals surface area contributed by atoms with Crippen molar-refractivity contribution in [3.63, 3.8) is 0 Å². The molecule has 0 amide bonds. The van der Waals surface area contributed by atoms with Gasteiger partial charge in [0.05, 0.1) is 10.2 Å². The average Bonchev–Trinajstić information content (AvgIpc) is 2.43. The van der Waals surface area contributed by atoms with E-state index in [0.717, 1.165) is 15.7 Å². The zero-order valence-electron chi connectivity index (χ0n) is 12.7. The molecule has 0 saturated carbocycles. The minimum atomic E-state index is -0.331. The lowest BCUT2D eigenvalue weighted by atomic mass is 9.91. The van der Waals surface area contributed by atoms with Crippen molar-refractivity contribution in [3.05, 3.63) is 51.9 Å².